The molecular formula is C20H22N4O3S2. The molecule has 1 aromatic heterocycles. The summed E-state index contributed by atoms with van der Waals surface area (Å²) in [6, 6.07) is 15.1. The summed E-state index contributed by atoms with van der Waals surface area (Å²) < 4.78 is 11.8. The number of nitrogens with one attached hydrogen (secondary N) is 2. The van der Waals surface area contributed by atoms with E-state index >= 15 is 0 Å². The summed E-state index contributed by atoms with van der Waals surface area (Å²) in [7, 11) is 0. The van der Waals surface area contributed by atoms with E-state index in [1.54, 1.807) is 12.1 Å². The number of rotatable bonds is 10. The Hall–Kier alpha value is -2.78. The minimum Gasteiger partial charge on any atom is -0.494 e. The van der Waals surface area contributed by atoms with E-state index in [1.807, 2.05) is 50.2 Å². The van der Waals surface area contributed by atoms with Crippen molar-refractivity contribution in [2.45, 2.75) is 18.2 Å². The Bertz CT molecular complexity index is 934. The van der Waals surface area contributed by atoms with Gasteiger partial charge in [0.25, 0.3) is 0 Å². The van der Waals surface area contributed by atoms with Gasteiger partial charge in [0.05, 0.1) is 24.7 Å². The predicted molar refractivity (Wildman–Crippen MR) is 118 cm³/mol. The zero-order chi connectivity index (χ0) is 20.5. The number of thioether (sulfide) groups is 1. The van der Waals surface area contributed by atoms with Gasteiger partial charge in [0.15, 0.2) is 4.34 Å². The van der Waals surface area contributed by atoms with E-state index in [1.165, 1.54) is 23.1 Å². The average Bonchev–Trinajstić information content (AvgIpc) is 3.17. The highest BCUT2D eigenvalue weighted by atomic mass is 32.2. The van der Waals surface area contributed by atoms with Gasteiger partial charge in [-0.2, -0.15) is 0 Å². The molecule has 0 radical (unpaired) electrons. The van der Waals surface area contributed by atoms with E-state index in [0.29, 0.717) is 39.9 Å². The number of carbonyl (C=O) groups is 1. The average molecular weight is 431 g/mol. The number of benzene rings is 2. The number of hydrogen-bond acceptors (Lipinski definition) is 8. The number of ether oxygens (including phenoxy) is 2. The van der Waals surface area contributed by atoms with Crippen LogP contribution in [0.15, 0.2) is 52.9 Å². The fourth-order valence-corrected chi connectivity index (χ4v) is 3.99. The van der Waals surface area contributed by atoms with Crippen molar-refractivity contribution in [3.05, 3.63) is 48.5 Å². The third kappa shape index (κ3) is 6.37. The molecule has 7 nitrogen and oxygen atoms in total. The second kappa shape index (κ2) is 10.7. The van der Waals surface area contributed by atoms with E-state index in [-0.39, 0.29) is 11.7 Å². The molecule has 9 heteroatoms. The van der Waals surface area contributed by atoms with E-state index < -0.39 is 0 Å². The van der Waals surface area contributed by atoms with Gasteiger partial charge in [-0.1, -0.05) is 41.3 Å². The highest BCUT2D eigenvalue weighted by Gasteiger charge is 2.12. The van der Waals surface area contributed by atoms with Gasteiger partial charge in [-0.25, -0.2) is 0 Å². The molecule has 0 aliphatic heterocycles. The third-order valence-corrected chi connectivity index (χ3v) is 5.57. The molecule has 2 aromatic carbocycles. The van der Waals surface area contributed by atoms with Crippen LogP contribution in [0.25, 0.3) is 0 Å². The summed E-state index contributed by atoms with van der Waals surface area (Å²) in [4.78, 5) is 12.4. The Labute approximate surface area is 177 Å². The summed E-state index contributed by atoms with van der Waals surface area (Å²) in [6.45, 7) is 4.87. The fraction of sp³-hybridized carbons (Fsp3) is 0.250. The molecule has 0 saturated carbocycles. The van der Waals surface area contributed by atoms with E-state index in [0.717, 1.165) is 5.69 Å². The first-order chi connectivity index (χ1) is 14.2. The summed E-state index contributed by atoms with van der Waals surface area (Å²) in [5.41, 5.74) is 1.53. The molecule has 1 heterocycles. The number of carbonyl (C=O) groups excluding carboxylic acids is 1. The lowest BCUT2D eigenvalue weighted by molar-refractivity contribution is -0.113. The molecule has 0 fully saturated rings. The fourth-order valence-electron chi connectivity index (χ4n) is 2.42. The lowest BCUT2D eigenvalue weighted by atomic mass is 10.2. The number of amides is 1. The third-order valence-electron chi connectivity index (χ3n) is 3.59. The topological polar surface area (TPSA) is 85.4 Å². The highest BCUT2D eigenvalue weighted by molar-refractivity contribution is 8.01. The van der Waals surface area contributed by atoms with Crippen LogP contribution in [0.4, 0.5) is 16.5 Å². The van der Waals surface area contributed by atoms with Crippen molar-refractivity contribution < 1.29 is 14.3 Å². The number of para-hydroxylation sites is 1. The highest BCUT2D eigenvalue weighted by Crippen LogP contribution is 2.31. The van der Waals surface area contributed by atoms with Crippen LogP contribution in [0.2, 0.25) is 0 Å². The van der Waals surface area contributed by atoms with Gasteiger partial charge in [-0.05, 0) is 38.1 Å². The summed E-state index contributed by atoms with van der Waals surface area (Å²) in [5, 5.41) is 15.0. The molecule has 0 aliphatic carbocycles. The quantitative estimate of drug-likeness (QED) is 0.446. The lowest BCUT2D eigenvalue weighted by Gasteiger charge is -2.13. The molecule has 2 N–H and O–H groups in total. The number of hydrogen-bond donors (Lipinski definition) is 2. The van der Waals surface area contributed by atoms with Crippen LogP contribution >= 0.6 is 23.1 Å². The minimum atomic E-state index is -0.155. The first-order valence-corrected chi connectivity index (χ1v) is 11.0. The Balaban J connectivity index is 1.56. The summed E-state index contributed by atoms with van der Waals surface area (Å²) >= 11 is 2.73. The maximum atomic E-state index is 12.4. The lowest BCUT2D eigenvalue weighted by Crippen LogP contribution is -2.15. The molecular weight excluding hydrogens is 408 g/mol. The number of aromatic nitrogens is 2. The van der Waals surface area contributed by atoms with Crippen LogP contribution in [-0.4, -0.2) is 35.1 Å². The smallest absolute Gasteiger partial charge is 0.234 e. The van der Waals surface area contributed by atoms with Crippen LogP contribution in [-0.2, 0) is 4.79 Å². The van der Waals surface area contributed by atoms with Crippen LogP contribution in [0.5, 0.6) is 11.5 Å². The van der Waals surface area contributed by atoms with Crippen molar-refractivity contribution >= 4 is 45.5 Å². The van der Waals surface area contributed by atoms with Gasteiger partial charge in [0.2, 0.25) is 11.0 Å². The van der Waals surface area contributed by atoms with Gasteiger partial charge in [0, 0.05) is 11.8 Å². The summed E-state index contributed by atoms with van der Waals surface area (Å²) in [6.07, 6.45) is 0. The Morgan fingerprint density at radius 3 is 2.62 bits per heavy atom. The zero-order valence-electron chi connectivity index (χ0n) is 16.2. The Morgan fingerprint density at radius 1 is 1.07 bits per heavy atom. The molecule has 0 aliphatic rings. The van der Waals surface area contributed by atoms with E-state index in [4.69, 9.17) is 9.47 Å². The van der Waals surface area contributed by atoms with Crippen LogP contribution in [0, 0.1) is 0 Å². The number of anilines is 3. The first kappa shape index (κ1) is 20.9. The van der Waals surface area contributed by atoms with Crippen molar-refractivity contribution in [1.29, 1.82) is 0 Å². The molecule has 0 atom stereocenters. The Kier molecular flexibility index (Phi) is 7.71. The molecule has 0 bridgehead atoms. The van der Waals surface area contributed by atoms with Crippen molar-refractivity contribution in [1.82, 2.24) is 10.2 Å². The first-order valence-electron chi connectivity index (χ1n) is 9.15. The molecule has 3 aromatic rings. The van der Waals surface area contributed by atoms with Gasteiger partial charge in [0.1, 0.15) is 11.5 Å². The predicted octanol–water partition coefficient (Wildman–Crippen LogP) is 4.81. The number of nitrogens with zero attached hydrogens (tertiary/aromatic N) is 2. The van der Waals surface area contributed by atoms with Gasteiger partial charge in [-0.3, -0.25) is 4.79 Å². The van der Waals surface area contributed by atoms with Crippen molar-refractivity contribution in [2.24, 2.45) is 0 Å². The van der Waals surface area contributed by atoms with Crippen molar-refractivity contribution in [3.8, 4) is 11.5 Å². The maximum absolute atomic E-state index is 12.4. The zero-order valence-corrected chi connectivity index (χ0v) is 17.8. The van der Waals surface area contributed by atoms with E-state index in [9.17, 15) is 4.79 Å². The largest absolute Gasteiger partial charge is 0.494 e. The summed E-state index contributed by atoms with van der Waals surface area (Å²) in [5.74, 6) is 1.35. The van der Waals surface area contributed by atoms with Crippen LogP contribution in [0.3, 0.4) is 0 Å². The molecule has 152 valence electrons. The van der Waals surface area contributed by atoms with Gasteiger partial charge >= 0.3 is 0 Å². The van der Waals surface area contributed by atoms with Crippen LogP contribution in [0.1, 0.15) is 13.8 Å². The molecule has 3 rings (SSSR count). The normalized spacial score (nSPS) is 10.4. The van der Waals surface area contributed by atoms with Crippen molar-refractivity contribution in [2.75, 3.05) is 29.6 Å². The second-order valence-electron chi connectivity index (χ2n) is 5.72. The van der Waals surface area contributed by atoms with Crippen LogP contribution < -0.4 is 20.1 Å². The molecule has 0 spiro atoms. The van der Waals surface area contributed by atoms with Gasteiger partial charge in [-0.15, -0.1) is 10.2 Å². The standard InChI is InChI=1S/C20H22N4O3S2/c1-3-26-15-10-11-17(27-4-2)16(12-15)22-18(25)13-28-20-24-23-19(29-20)21-14-8-6-5-7-9-14/h5-12H,3-4,13H2,1-2H3,(H,21,23)(H,22,25). The SMILES string of the molecule is CCOc1ccc(OCC)c(NC(=O)CSc2nnc(Nc3ccccc3)s2)c1. The molecule has 0 unspecified atom stereocenters. The van der Waals surface area contributed by atoms with Gasteiger partial charge < -0.3 is 20.1 Å². The van der Waals surface area contributed by atoms with Crippen molar-refractivity contribution in [3.63, 3.8) is 0 Å². The molecule has 29 heavy (non-hydrogen) atoms. The Morgan fingerprint density at radius 2 is 1.86 bits per heavy atom. The van der Waals surface area contributed by atoms with E-state index in [2.05, 4.69) is 20.8 Å². The minimum absolute atomic E-state index is 0.155. The molecule has 1 amide bonds. The second-order valence-corrected chi connectivity index (χ2v) is 7.92. The molecule has 0 saturated heterocycles. The monoisotopic (exact) mass is 430 g/mol. The maximum Gasteiger partial charge on any atom is 0.234 e.